The Morgan fingerprint density at radius 2 is 2.00 bits per heavy atom. The van der Waals surface area contributed by atoms with Crippen LogP contribution in [0.5, 0.6) is 0 Å². The molecule has 0 spiro atoms. The summed E-state index contributed by atoms with van der Waals surface area (Å²) in [4.78, 5) is 11.6. The Bertz CT molecular complexity index is 347. The maximum atomic E-state index is 11.6. The normalized spacial score (nSPS) is 38.1. The van der Waals surface area contributed by atoms with Gasteiger partial charge in [0.15, 0.2) is 0 Å². The highest BCUT2D eigenvalue weighted by Gasteiger charge is 2.53. The molecule has 5 unspecified atom stereocenters. The topological polar surface area (TPSA) is 50.4 Å². The van der Waals surface area contributed by atoms with Crippen molar-refractivity contribution in [3.05, 3.63) is 0 Å². The van der Waals surface area contributed by atoms with Gasteiger partial charge in [-0.1, -0.05) is 6.42 Å². The van der Waals surface area contributed by atoms with Gasteiger partial charge < -0.3 is 15.4 Å². The van der Waals surface area contributed by atoms with Crippen LogP contribution in [0.15, 0.2) is 0 Å². The zero-order chi connectivity index (χ0) is 13.9. The van der Waals surface area contributed by atoms with Crippen molar-refractivity contribution in [2.45, 2.75) is 44.6 Å². The number of hydrogen-bond acceptors (Lipinski definition) is 3. The van der Waals surface area contributed by atoms with Crippen LogP contribution in [0, 0.1) is 23.7 Å². The van der Waals surface area contributed by atoms with Crippen LogP contribution in [0.3, 0.4) is 0 Å². The lowest BCUT2D eigenvalue weighted by molar-refractivity contribution is -0.121. The summed E-state index contributed by atoms with van der Waals surface area (Å²) in [6.07, 6.45) is 7.80. The van der Waals surface area contributed by atoms with Crippen LogP contribution in [0.25, 0.3) is 0 Å². The van der Waals surface area contributed by atoms with Crippen LogP contribution in [-0.4, -0.2) is 38.8 Å². The SMILES string of the molecule is COCCNC(=O)CCNC1CC2CC1C1CCCC21. The molecule has 4 heteroatoms. The van der Waals surface area contributed by atoms with Gasteiger partial charge in [0, 0.05) is 32.7 Å². The van der Waals surface area contributed by atoms with Gasteiger partial charge in [-0.05, 0) is 49.4 Å². The number of amides is 1. The fourth-order valence-electron chi connectivity index (χ4n) is 5.05. The van der Waals surface area contributed by atoms with E-state index in [0.717, 1.165) is 30.2 Å². The lowest BCUT2D eigenvalue weighted by atomic mass is 9.79. The number of carbonyl (C=O) groups is 1. The number of methoxy groups -OCH3 is 1. The molecule has 3 aliphatic carbocycles. The average Bonchev–Trinajstić information content (AvgIpc) is 3.11. The Labute approximate surface area is 122 Å². The first-order chi connectivity index (χ1) is 9.79. The molecule has 3 rings (SSSR count). The highest BCUT2D eigenvalue weighted by atomic mass is 16.5. The van der Waals surface area contributed by atoms with Crippen LogP contribution in [0.2, 0.25) is 0 Å². The van der Waals surface area contributed by atoms with E-state index >= 15 is 0 Å². The minimum absolute atomic E-state index is 0.136. The van der Waals surface area contributed by atoms with Gasteiger partial charge in [0.2, 0.25) is 5.91 Å². The molecule has 1 amide bonds. The minimum atomic E-state index is 0.136. The van der Waals surface area contributed by atoms with E-state index in [2.05, 4.69) is 10.6 Å². The molecule has 3 aliphatic rings. The molecule has 0 heterocycles. The second kappa shape index (κ2) is 6.44. The summed E-state index contributed by atoms with van der Waals surface area (Å²) in [6, 6.07) is 0.686. The fourth-order valence-corrected chi connectivity index (χ4v) is 5.05. The molecule has 0 aromatic heterocycles. The lowest BCUT2D eigenvalue weighted by Crippen LogP contribution is -2.41. The van der Waals surface area contributed by atoms with Crippen LogP contribution < -0.4 is 10.6 Å². The molecular formula is C16H28N2O2. The van der Waals surface area contributed by atoms with E-state index in [1.54, 1.807) is 7.11 Å². The molecule has 2 N–H and O–H groups in total. The van der Waals surface area contributed by atoms with Crippen LogP contribution >= 0.6 is 0 Å². The Morgan fingerprint density at radius 1 is 1.15 bits per heavy atom. The van der Waals surface area contributed by atoms with Gasteiger partial charge in [-0.15, -0.1) is 0 Å². The Morgan fingerprint density at radius 3 is 2.85 bits per heavy atom. The molecule has 0 radical (unpaired) electrons. The van der Waals surface area contributed by atoms with Crippen molar-refractivity contribution in [1.82, 2.24) is 10.6 Å². The van der Waals surface area contributed by atoms with Crippen LogP contribution in [0.1, 0.15) is 38.5 Å². The third-order valence-electron chi connectivity index (χ3n) is 5.82. The van der Waals surface area contributed by atoms with Crippen molar-refractivity contribution in [2.24, 2.45) is 23.7 Å². The number of rotatable bonds is 7. The Hall–Kier alpha value is -0.610. The molecule has 20 heavy (non-hydrogen) atoms. The molecule has 2 bridgehead atoms. The summed E-state index contributed by atoms with van der Waals surface area (Å²) < 4.78 is 4.92. The second-order valence-electron chi connectivity index (χ2n) is 6.81. The molecule has 5 atom stereocenters. The van der Waals surface area contributed by atoms with E-state index in [4.69, 9.17) is 4.74 Å². The van der Waals surface area contributed by atoms with Gasteiger partial charge in [0.05, 0.1) is 6.61 Å². The molecular weight excluding hydrogens is 252 g/mol. The maximum Gasteiger partial charge on any atom is 0.221 e. The molecule has 0 aromatic rings. The van der Waals surface area contributed by atoms with E-state index < -0.39 is 0 Å². The van der Waals surface area contributed by atoms with Crippen LogP contribution in [0.4, 0.5) is 0 Å². The standard InChI is InChI=1S/C16H28N2O2/c1-20-8-7-18-16(19)5-6-17-15-10-11-9-14(15)13-4-2-3-12(11)13/h11-15,17H,2-10H2,1H3,(H,18,19). The molecule has 114 valence electrons. The molecule has 0 saturated heterocycles. The van der Waals surface area contributed by atoms with Gasteiger partial charge in [0.1, 0.15) is 0 Å². The van der Waals surface area contributed by atoms with E-state index in [9.17, 15) is 4.79 Å². The van der Waals surface area contributed by atoms with Crippen molar-refractivity contribution in [2.75, 3.05) is 26.8 Å². The van der Waals surface area contributed by atoms with Crippen molar-refractivity contribution < 1.29 is 9.53 Å². The van der Waals surface area contributed by atoms with Gasteiger partial charge >= 0.3 is 0 Å². The second-order valence-corrected chi connectivity index (χ2v) is 6.81. The van der Waals surface area contributed by atoms with E-state index in [1.807, 2.05) is 0 Å². The summed E-state index contributed by atoms with van der Waals surface area (Å²) in [7, 11) is 1.65. The first kappa shape index (κ1) is 14.3. The number of hydrogen-bond donors (Lipinski definition) is 2. The van der Waals surface area contributed by atoms with E-state index in [0.29, 0.717) is 25.6 Å². The summed E-state index contributed by atoms with van der Waals surface area (Å²) in [5.41, 5.74) is 0. The molecule has 0 aromatic carbocycles. The number of ether oxygens (including phenoxy) is 1. The summed E-state index contributed by atoms with van der Waals surface area (Å²) >= 11 is 0. The van der Waals surface area contributed by atoms with Crippen LogP contribution in [-0.2, 0) is 9.53 Å². The number of fused-ring (bicyclic) bond motifs is 5. The predicted molar refractivity (Wildman–Crippen MR) is 78.3 cm³/mol. The first-order valence-electron chi connectivity index (χ1n) is 8.28. The highest BCUT2D eigenvalue weighted by Crippen LogP contribution is 2.58. The summed E-state index contributed by atoms with van der Waals surface area (Å²) in [5.74, 6) is 4.08. The van der Waals surface area contributed by atoms with Gasteiger partial charge in [-0.25, -0.2) is 0 Å². The Kier molecular flexibility index (Phi) is 4.61. The average molecular weight is 280 g/mol. The minimum Gasteiger partial charge on any atom is -0.383 e. The number of nitrogens with one attached hydrogen (secondary N) is 2. The largest absolute Gasteiger partial charge is 0.383 e. The van der Waals surface area contributed by atoms with Crippen molar-refractivity contribution in [1.29, 1.82) is 0 Å². The molecule has 0 aliphatic heterocycles. The van der Waals surface area contributed by atoms with Gasteiger partial charge in [-0.2, -0.15) is 0 Å². The first-order valence-corrected chi connectivity index (χ1v) is 8.28. The number of carbonyl (C=O) groups excluding carboxylic acids is 1. The van der Waals surface area contributed by atoms with Gasteiger partial charge in [-0.3, -0.25) is 4.79 Å². The van der Waals surface area contributed by atoms with E-state index in [-0.39, 0.29) is 5.91 Å². The zero-order valence-electron chi connectivity index (χ0n) is 12.6. The maximum absolute atomic E-state index is 11.6. The molecule has 4 nitrogen and oxygen atoms in total. The van der Waals surface area contributed by atoms with Crippen molar-refractivity contribution in [3.8, 4) is 0 Å². The van der Waals surface area contributed by atoms with Gasteiger partial charge in [0.25, 0.3) is 0 Å². The molecule has 3 fully saturated rings. The smallest absolute Gasteiger partial charge is 0.221 e. The monoisotopic (exact) mass is 280 g/mol. The summed E-state index contributed by atoms with van der Waals surface area (Å²) in [6.45, 7) is 2.03. The lowest BCUT2D eigenvalue weighted by Gasteiger charge is -2.32. The molecule has 3 saturated carbocycles. The predicted octanol–water partition coefficient (Wildman–Crippen LogP) is 1.55. The quantitative estimate of drug-likeness (QED) is 0.696. The van der Waals surface area contributed by atoms with Crippen molar-refractivity contribution in [3.63, 3.8) is 0 Å². The van der Waals surface area contributed by atoms with Crippen molar-refractivity contribution >= 4 is 5.91 Å². The third kappa shape index (κ3) is 2.86. The zero-order valence-corrected chi connectivity index (χ0v) is 12.6. The third-order valence-corrected chi connectivity index (χ3v) is 5.82. The van der Waals surface area contributed by atoms with E-state index in [1.165, 1.54) is 32.1 Å². The Balaban J connectivity index is 1.35. The summed E-state index contributed by atoms with van der Waals surface area (Å²) in [5, 5.41) is 6.53. The highest BCUT2D eigenvalue weighted by molar-refractivity contribution is 5.76. The fraction of sp³-hybridized carbons (Fsp3) is 0.938.